The fraction of sp³-hybridized carbons (Fsp3) is 0.214. The first-order valence-corrected chi connectivity index (χ1v) is 12.4. The number of hydrogen-bond donors (Lipinski definition) is 2. The van der Waals surface area contributed by atoms with E-state index in [0.29, 0.717) is 34.2 Å². The Labute approximate surface area is 224 Å². The van der Waals surface area contributed by atoms with Gasteiger partial charge in [0.1, 0.15) is 11.5 Å². The van der Waals surface area contributed by atoms with Crippen LogP contribution in [0.25, 0.3) is 5.76 Å². The molecule has 0 saturated carbocycles. The zero-order valence-electron chi connectivity index (χ0n) is 20.4. The van der Waals surface area contributed by atoms with E-state index in [2.05, 4.69) is 0 Å². The second kappa shape index (κ2) is 10.7. The van der Waals surface area contributed by atoms with Crippen molar-refractivity contribution < 1.29 is 29.3 Å². The van der Waals surface area contributed by atoms with Crippen molar-refractivity contribution in [3.63, 3.8) is 0 Å². The fourth-order valence-corrected chi connectivity index (χ4v) is 4.69. The first-order valence-electron chi connectivity index (χ1n) is 11.6. The summed E-state index contributed by atoms with van der Waals surface area (Å²) in [6, 6.07) is 13.2. The zero-order valence-corrected chi connectivity index (χ0v) is 21.9. The highest BCUT2D eigenvalue weighted by atomic mass is 35.5. The van der Waals surface area contributed by atoms with Gasteiger partial charge in [-0.05, 0) is 74.4 Å². The van der Waals surface area contributed by atoms with Crippen molar-refractivity contribution in [2.24, 2.45) is 0 Å². The Bertz CT molecular complexity index is 1420. The number of carbonyl (C=O) groups excluding carboxylic acids is 2. The van der Waals surface area contributed by atoms with Gasteiger partial charge in [0.05, 0.1) is 29.9 Å². The molecule has 1 aliphatic rings. The lowest BCUT2D eigenvalue weighted by atomic mass is 9.94. The van der Waals surface area contributed by atoms with Crippen molar-refractivity contribution in [3.8, 4) is 17.2 Å². The van der Waals surface area contributed by atoms with Crippen molar-refractivity contribution in [3.05, 3.63) is 86.9 Å². The molecule has 1 heterocycles. The van der Waals surface area contributed by atoms with Gasteiger partial charge >= 0.3 is 0 Å². The number of rotatable bonds is 7. The maximum absolute atomic E-state index is 13.5. The number of ketones is 1. The number of nitrogens with zero attached hydrogens (tertiary/aromatic N) is 1. The van der Waals surface area contributed by atoms with E-state index in [4.69, 9.17) is 32.7 Å². The van der Waals surface area contributed by atoms with Gasteiger partial charge in [0.25, 0.3) is 11.7 Å². The Hall–Kier alpha value is -3.68. The minimum Gasteiger partial charge on any atom is -0.507 e. The van der Waals surface area contributed by atoms with Crippen molar-refractivity contribution >= 4 is 46.3 Å². The molecule has 1 atom stereocenters. The summed E-state index contributed by atoms with van der Waals surface area (Å²) >= 11 is 12.8. The molecule has 37 heavy (non-hydrogen) atoms. The van der Waals surface area contributed by atoms with Gasteiger partial charge in [-0.15, -0.1) is 0 Å². The van der Waals surface area contributed by atoms with Gasteiger partial charge in [-0.2, -0.15) is 0 Å². The SMILES string of the molecule is CCOc1ccc(Cl)c(/C(O)=C2\C(=O)C(=O)N(c3cccc(Cl)c3C)C2c2ccc(O)c(OCC)c2)c1. The molecule has 0 aromatic heterocycles. The van der Waals surface area contributed by atoms with E-state index < -0.39 is 23.5 Å². The standard InChI is InChI=1S/C28H25Cl2NO6/c1-4-36-17-10-11-20(30)18(14-17)26(33)24-25(16-9-12-22(32)23(13-16)37-5-2)31(28(35)27(24)34)21-8-6-7-19(29)15(21)3/h6-14,25,32-33H,4-5H2,1-3H3/b26-24+. The molecular weight excluding hydrogens is 517 g/mol. The third-order valence-electron chi connectivity index (χ3n) is 6.05. The van der Waals surface area contributed by atoms with E-state index in [1.54, 1.807) is 50.2 Å². The molecule has 0 radical (unpaired) electrons. The Morgan fingerprint density at radius 2 is 1.70 bits per heavy atom. The van der Waals surface area contributed by atoms with Crippen LogP contribution in [0.4, 0.5) is 5.69 Å². The first kappa shape index (κ1) is 26.4. The van der Waals surface area contributed by atoms with Crippen molar-refractivity contribution in [1.82, 2.24) is 0 Å². The number of carbonyl (C=O) groups is 2. The number of hydrogen-bond acceptors (Lipinski definition) is 6. The maximum Gasteiger partial charge on any atom is 0.300 e. The lowest BCUT2D eigenvalue weighted by molar-refractivity contribution is -0.132. The number of Topliss-reactive ketones (excluding diaryl/α,β-unsaturated/α-hetero) is 1. The Morgan fingerprint density at radius 3 is 2.41 bits per heavy atom. The zero-order chi connectivity index (χ0) is 26.9. The average Bonchev–Trinajstić information content (AvgIpc) is 3.13. The molecule has 3 aromatic rings. The third kappa shape index (κ3) is 4.84. The summed E-state index contributed by atoms with van der Waals surface area (Å²) in [7, 11) is 0. The van der Waals surface area contributed by atoms with Gasteiger partial charge < -0.3 is 19.7 Å². The van der Waals surface area contributed by atoms with Crippen LogP contribution in [-0.2, 0) is 9.59 Å². The van der Waals surface area contributed by atoms with Gasteiger partial charge in [0.15, 0.2) is 11.5 Å². The smallest absolute Gasteiger partial charge is 0.300 e. The van der Waals surface area contributed by atoms with E-state index in [1.165, 1.54) is 23.1 Å². The number of ether oxygens (including phenoxy) is 2. The topological polar surface area (TPSA) is 96.3 Å². The highest BCUT2D eigenvalue weighted by Gasteiger charge is 2.48. The average molecular weight is 542 g/mol. The number of amides is 1. The largest absolute Gasteiger partial charge is 0.507 e. The Morgan fingerprint density at radius 1 is 0.973 bits per heavy atom. The third-order valence-corrected chi connectivity index (χ3v) is 6.79. The number of anilines is 1. The lowest BCUT2D eigenvalue weighted by Gasteiger charge is -2.27. The van der Waals surface area contributed by atoms with E-state index in [1.807, 2.05) is 6.92 Å². The van der Waals surface area contributed by atoms with E-state index in [9.17, 15) is 19.8 Å². The van der Waals surface area contributed by atoms with Crippen LogP contribution in [0, 0.1) is 6.92 Å². The number of phenolic OH excluding ortho intramolecular Hbond substituents is 1. The van der Waals surface area contributed by atoms with Crippen molar-refractivity contribution in [2.45, 2.75) is 26.8 Å². The molecule has 1 fully saturated rings. The van der Waals surface area contributed by atoms with Crippen LogP contribution in [-0.4, -0.2) is 35.1 Å². The van der Waals surface area contributed by atoms with Gasteiger partial charge in [0.2, 0.25) is 0 Å². The molecule has 0 spiro atoms. The summed E-state index contributed by atoms with van der Waals surface area (Å²) < 4.78 is 11.1. The molecule has 7 nitrogen and oxygen atoms in total. The number of aromatic hydroxyl groups is 1. The maximum atomic E-state index is 13.5. The molecule has 4 rings (SSSR count). The van der Waals surface area contributed by atoms with Crippen LogP contribution >= 0.6 is 23.2 Å². The van der Waals surface area contributed by atoms with Crippen molar-refractivity contribution in [2.75, 3.05) is 18.1 Å². The summed E-state index contributed by atoms with van der Waals surface area (Å²) in [4.78, 5) is 28.3. The summed E-state index contributed by atoms with van der Waals surface area (Å²) in [5.41, 5.74) is 1.38. The van der Waals surface area contributed by atoms with Crippen LogP contribution in [0.5, 0.6) is 17.2 Å². The quantitative estimate of drug-likeness (QED) is 0.203. The Kier molecular flexibility index (Phi) is 7.66. The molecule has 3 aromatic carbocycles. The molecule has 9 heteroatoms. The predicted molar refractivity (Wildman–Crippen MR) is 143 cm³/mol. The van der Waals surface area contributed by atoms with Gasteiger partial charge in [0, 0.05) is 16.3 Å². The molecule has 192 valence electrons. The number of aliphatic hydroxyl groups is 1. The highest BCUT2D eigenvalue weighted by Crippen LogP contribution is 2.46. The molecule has 2 N–H and O–H groups in total. The minimum atomic E-state index is -1.07. The normalized spacial score (nSPS) is 16.8. The minimum absolute atomic E-state index is 0.103. The number of halogens is 2. The van der Waals surface area contributed by atoms with E-state index in [0.717, 1.165) is 0 Å². The van der Waals surface area contributed by atoms with Crippen LogP contribution < -0.4 is 14.4 Å². The molecule has 1 unspecified atom stereocenters. The monoisotopic (exact) mass is 541 g/mol. The lowest BCUT2D eigenvalue weighted by Crippen LogP contribution is -2.30. The van der Waals surface area contributed by atoms with Gasteiger partial charge in [-0.1, -0.05) is 35.3 Å². The van der Waals surface area contributed by atoms with Crippen LogP contribution in [0.15, 0.2) is 60.2 Å². The first-order chi connectivity index (χ1) is 17.7. The molecule has 0 aliphatic carbocycles. The highest BCUT2D eigenvalue weighted by molar-refractivity contribution is 6.52. The second-order valence-electron chi connectivity index (χ2n) is 8.29. The van der Waals surface area contributed by atoms with E-state index >= 15 is 0 Å². The number of phenols is 1. The molecule has 1 aliphatic heterocycles. The summed E-state index contributed by atoms with van der Waals surface area (Å²) in [5, 5.41) is 22.3. The summed E-state index contributed by atoms with van der Waals surface area (Å²) in [6.07, 6.45) is 0. The molecular formula is C28H25Cl2NO6. The molecule has 1 amide bonds. The second-order valence-corrected chi connectivity index (χ2v) is 9.10. The van der Waals surface area contributed by atoms with Crippen LogP contribution in [0.2, 0.25) is 10.0 Å². The molecule has 0 bridgehead atoms. The van der Waals surface area contributed by atoms with Gasteiger partial charge in [-0.3, -0.25) is 14.5 Å². The van der Waals surface area contributed by atoms with Crippen LogP contribution in [0.3, 0.4) is 0 Å². The molecule has 1 saturated heterocycles. The van der Waals surface area contributed by atoms with Gasteiger partial charge in [-0.25, -0.2) is 0 Å². The number of benzene rings is 3. The van der Waals surface area contributed by atoms with Crippen molar-refractivity contribution in [1.29, 1.82) is 0 Å². The summed E-state index contributed by atoms with van der Waals surface area (Å²) in [6.45, 7) is 5.98. The Balaban J connectivity index is 2.01. The van der Waals surface area contributed by atoms with Crippen LogP contribution in [0.1, 0.15) is 36.6 Å². The predicted octanol–water partition coefficient (Wildman–Crippen LogP) is 6.43. The van der Waals surface area contributed by atoms with E-state index in [-0.39, 0.29) is 34.3 Å². The number of aliphatic hydroxyl groups excluding tert-OH is 1. The fourth-order valence-electron chi connectivity index (χ4n) is 4.31. The summed E-state index contributed by atoms with van der Waals surface area (Å²) in [5.74, 6) is -1.69.